The van der Waals surface area contributed by atoms with Gasteiger partial charge in [-0.2, -0.15) is 0 Å². The Morgan fingerprint density at radius 3 is 2.92 bits per heavy atom. The van der Waals surface area contributed by atoms with Crippen molar-refractivity contribution in [3.63, 3.8) is 0 Å². The normalized spacial score (nSPS) is 12.2. The van der Waals surface area contributed by atoms with Crippen molar-refractivity contribution in [2.24, 2.45) is 0 Å². The van der Waals surface area contributed by atoms with E-state index in [9.17, 15) is 4.79 Å². The summed E-state index contributed by atoms with van der Waals surface area (Å²) in [6, 6.07) is 5.14. The van der Waals surface area contributed by atoms with E-state index in [0.717, 1.165) is 5.56 Å². The van der Waals surface area contributed by atoms with Gasteiger partial charge in [0.1, 0.15) is 6.33 Å². The van der Waals surface area contributed by atoms with Crippen LogP contribution in [0.5, 0.6) is 0 Å². The molecule has 6 nitrogen and oxygen atoms in total. The Labute approximate surface area is 154 Å². The molecule has 0 saturated heterocycles. The Morgan fingerprint density at radius 2 is 2.21 bits per heavy atom. The van der Waals surface area contributed by atoms with Gasteiger partial charge in [0, 0.05) is 13.7 Å². The highest BCUT2D eigenvalue weighted by atomic mass is 35.5. The van der Waals surface area contributed by atoms with Crippen molar-refractivity contribution in [3.05, 3.63) is 40.1 Å². The molecule has 0 aliphatic rings. The van der Waals surface area contributed by atoms with E-state index in [1.165, 1.54) is 11.8 Å². The van der Waals surface area contributed by atoms with Gasteiger partial charge < -0.3 is 14.6 Å². The average molecular weight is 389 g/mol. The van der Waals surface area contributed by atoms with Gasteiger partial charge in [-0.1, -0.05) is 41.0 Å². The van der Waals surface area contributed by atoms with Crippen molar-refractivity contribution >= 4 is 40.9 Å². The molecule has 130 valence electrons. The van der Waals surface area contributed by atoms with Gasteiger partial charge in [-0.25, -0.2) is 0 Å². The van der Waals surface area contributed by atoms with Crippen LogP contribution in [0.2, 0.25) is 10.0 Å². The van der Waals surface area contributed by atoms with Crippen molar-refractivity contribution in [1.29, 1.82) is 0 Å². The van der Waals surface area contributed by atoms with E-state index in [-0.39, 0.29) is 17.7 Å². The molecule has 1 aromatic carbocycles. The van der Waals surface area contributed by atoms with E-state index < -0.39 is 0 Å². The number of carbonyl (C=O) groups is 1. The molecule has 0 radical (unpaired) electrons. The minimum Gasteiger partial charge on any atom is -0.383 e. The number of hydrogen-bond acceptors (Lipinski definition) is 5. The first kappa shape index (κ1) is 19.1. The lowest BCUT2D eigenvalue weighted by Crippen LogP contribution is -2.28. The molecule has 9 heteroatoms. The number of benzene rings is 1. The minimum atomic E-state index is -0.167. The van der Waals surface area contributed by atoms with Gasteiger partial charge in [0.05, 0.1) is 28.4 Å². The number of hydrogen-bond donors (Lipinski definition) is 1. The molecule has 1 unspecified atom stereocenters. The Morgan fingerprint density at radius 1 is 1.42 bits per heavy atom. The SMILES string of the molecule is COCCn1cnnc1SCC(=O)NC(C)c1ccc(Cl)c(Cl)c1. The van der Waals surface area contributed by atoms with Crippen LogP contribution in [0.3, 0.4) is 0 Å². The van der Waals surface area contributed by atoms with Crippen LogP contribution in [0.25, 0.3) is 0 Å². The fraction of sp³-hybridized carbons (Fsp3) is 0.400. The monoisotopic (exact) mass is 388 g/mol. The molecule has 0 spiro atoms. The van der Waals surface area contributed by atoms with Crippen molar-refractivity contribution in [2.45, 2.75) is 24.7 Å². The van der Waals surface area contributed by atoms with Crippen LogP contribution in [-0.2, 0) is 16.1 Å². The molecule has 2 rings (SSSR count). The molecule has 1 heterocycles. The number of amides is 1. The summed E-state index contributed by atoms with van der Waals surface area (Å²) in [7, 11) is 1.63. The van der Waals surface area contributed by atoms with E-state index in [2.05, 4.69) is 15.5 Å². The summed E-state index contributed by atoms with van der Waals surface area (Å²) in [6.07, 6.45) is 1.62. The molecular formula is C15H18Cl2N4O2S. The van der Waals surface area contributed by atoms with E-state index in [0.29, 0.717) is 28.4 Å². The maximum atomic E-state index is 12.1. The van der Waals surface area contributed by atoms with Crippen LogP contribution in [0.1, 0.15) is 18.5 Å². The molecular weight excluding hydrogens is 371 g/mol. The van der Waals surface area contributed by atoms with Gasteiger partial charge in [0.15, 0.2) is 5.16 Å². The molecule has 0 bridgehead atoms. The Kier molecular flexibility index (Phi) is 7.36. The quantitative estimate of drug-likeness (QED) is 0.703. The number of aromatic nitrogens is 3. The zero-order valence-electron chi connectivity index (χ0n) is 13.3. The summed E-state index contributed by atoms with van der Waals surface area (Å²) in [5.41, 5.74) is 0.894. The average Bonchev–Trinajstić information content (AvgIpc) is 3.00. The summed E-state index contributed by atoms with van der Waals surface area (Å²) in [5, 5.41) is 12.4. The first-order chi connectivity index (χ1) is 11.5. The molecule has 2 aromatic rings. The van der Waals surface area contributed by atoms with Crippen molar-refractivity contribution in [3.8, 4) is 0 Å². The van der Waals surface area contributed by atoms with Gasteiger partial charge in [-0.05, 0) is 24.6 Å². The second-order valence-electron chi connectivity index (χ2n) is 5.05. The van der Waals surface area contributed by atoms with E-state index in [1.807, 2.05) is 17.6 Å². The van der Waals surface area contributed by atoms with Gasteiger partial charge in [0.2, 0.25) is 5.91 Å². The summed E-state index contributed by atoms with van der Waals surface area (Å²) in [4.78, 5) is 12.1. The fourth-order valence-electron chi connectivity index (χ4n) is 1.98. The van der Waals surface area contributed by atoms with Crippen molar-refractivity contribution < 1.29 is 9.53 Å². The first-order valence-electron chi connectivity index (χ1n) is 7.25. The van der Waals surface area contributed by atoms with Crippen LogP contribution < -0.4 is 5.32 Å². The fourth-order valence-corrected chi connectivity index (χ4v) is 3.04. The van der Waals surface area contributed by atoms with Gasteiger partial charge in [-0.3, -0.25) is 4.79 Å². The molecule has 1 aromatic heterocycles. The highest BCUT2D eigenvalue weighted by Crippen LogP contribution is 2.25. The first-order valence-corrected chi connectivity index (χ1v) is 8.99. The lowest BCUT2D eigenvalue weighted by molar-refractivity contribution is -0.119. The van der Waals surface area contributed by atoms with E-state index in [4.69, 9.17) is 27.9 Å². The van der Waals surface area contributed by atoms with E-state index >= 15 is 0 Å². The number of halogens is 2. The van der Waals surface area contributed by atoms with Crippen LogP contribution in [0, 0.1) is 0 Å². The molecule has 0 fully saturated rings. The van der Waals surface area contributed by atoms with Crippen molar-refractivity contribution in [1.82, 2.24) is 20.1 Å². The largest absolute Gasteiger partial charge is 0.383 e. The zero-order valence-corrected chi connectivity index (χ0v) is 15.7. The molecule has 24 heavy (non-hydrogen) atoms. The molecule has 0 aliphatic carbocycles. The number of carbonyl (C=O) groups excluding carboxylic acids is 1. The van der Waals surface area contributed by atoms with Crippen LogP contribution in [-0.4, -0.2) is 40.1 Å². The number of nitrogens with one attached hydrogen (secondary N) is 1. The molecule has 1 amide bonds. The topological polar surface area (TPSA) is 69.0 Å². The van der Waals surface area contributed by atoms with Crippen LogP contribution >= 0.6 is 35.0 Å². The summed E-state index contributed by atoms with van der Waals surface area (Å²) < 4.78 is 6.88. The Bertz CT molecular complexity index is 696. The number of ether oxygens (including phenoxy) is 1. The molecule has 0 saturated carbocycles. The second kappa shape index (κ2) is 9.27. The van der Waals surface area contributed by atoms with Gasteiger partial charge in [-0.15, -0.1) is 10.2 Å². The minimum absolute atomic E-state index is 0.0973. The number of thioether (sulfide) groups is 1. The maximum Gasteiger partial charge on any atom is 0.230 e. The van der Waals surface area contributed by atoms with Gasteiger partial charge in [0.25, 0.3) is 0 Å². The summed E-state index contributed by atoms with van der Waals surface area (Å²) in [6.45, 7) is 3.10. The third-order valence-electron chi connectivity index (χ3n) is 3.27. The second-order valence-corrected chi connectivity index (χ2v) is 6.81. The standard InChI is InChI=1S/C15H18Cl2N4O2S/c1-10(11-3-4-12(16)13(17)7-11)19-14(22)8-24-15-20-18-9-21(15)5-6-23-2/h3-4,7,9-10H,5-6,8H2,1-2H3,(H,19,22). The van der Waals surface area contributed by atoms with E-state index in [1.54, 1.807) is 25.6 Å². The number of methoxy groups -OCH3 is 1. The van der Waals surface area contributed by atoms with Crippen LogP contribution in [0.15, 0.2) is 29.7 Å². The van der Waals surface area contributed by atoms with Crippen LogP contribution in [0.4, 0.5) is 0 Å². The lowest BCUT2D eigenvalue weighted by atomic mass is 10.1. The smallest absolute Gasteiger partial charge is 0.230 e. The van der Waals surface area contributed by atoms with Crippen molar-refractivity contribution in [2.75, 3.05) is 19.5 Å². The molecule has 0 aliphatic heterocycles. The lowest BCUT2D eigenvalue weighted by Gasteiger charge is -2.15. The summed E-state index contributed by atoms with van der Waals surface area (Å²) in [5.74, 6) is 0.150. The Balaban J connectivity index is 1.86. The maximum absolute atomic E-state index is 12.1. The summed E-state index contributed by atoms with van der Waals surface area (Å²) >= 11 is 13.2. The Hall–Kier alpha value is -1.28. The number of rotatable bonds is 8. The predicted octanol–water partition coefficient (Wildman–Crippen LogP) is 3.20. The molecule has 1 atom stereocenters. The predicted molar refractivity (Wildman–Crippen MR) is 95.6 cm³/mol. The third kappa shape index (κ3) is 5.37. The number of nitrogens with zero attached hydrogens (tertiary/aromatic N) is 3. The zero-order chi connectivity index (χ0) is 17.5. The highest BCUT2D eigenvalue weighted by molar-refractivity contribution is 7.99. The van der Waals surface area contributed by atoms with Gasteiger partial charge >= 0.3 is 0 Å². The molecule has 1 N–H and O–H groups in total. The highest BCUT2D eigenvalue weighted by Gasteiger charge is 2.13. The third-order valence-corrected chi connectivity index (χ3v) is 4.99.